The highest BCUT2D eigenvalue weighted by molar-refractivity contribution is 8.18. The van der Waals surface area contributed by atoms with Gasteiger partial charge in [0.2, 0.25) is 0 Å². The van der Waals surface area contributed by atoms with Crippen LogP contribution in [-0.2, 0) is 11.4 Å². The number of thioether (sulfide) groups is 1. The van der Waals surface area contributed by atoms with Gasteiger partial charge >= 0.3 is 0 Å². The predicted molar refractivity (Wildman–Crippen MR) is 137 cm³/mol. The average molecular weight is 510 g/mol. The molecule has 0 atom stereocenters. The third-order valence-electron chi connectivity index (χ3n) is 5.06. The Labute approximate surface area is 210 Å². The molecule has 10 heteroatoms. The van der Waals surface area contributed by atoms with E-state index in [0.717, 1.165) is 22.4 Å². The molecule has 1 fully saturated rings. The van der Waals surface area contributed by atoms with Gasteiger partial charge < -0.3 is 14.8 Å². The molecule has 35 heavy (non-hydrogen) atoms. The molecular formula is C25H20ClN3O5S. The maximum atomic E-state index is 12.5. The first kappa shape index (κ1) is 24.3. The monoisotopic (exact) mass is 509 g/mol. The number of hydrogen-bond donors (Lipinski definition) is 1. The van der Waals surface area contributed by atoms with E-state index < -0.39 is 4.92 Å². The molecule has 3 aromatic rings. The topological polar surface area (TPSA) is 103 Å². The second-order valence-corrected chi connectivity index (χ2v) is 9.00. The molecule has 1 aliphatic heterocycles. The molecule has 1 N–H and O–H groups in total. The third-order valence-corrected chi connectivity index (χ3v) is 6.20. The van der Waals surface area contributed by atoms with Gasteiger partial charge in [0.25, 0.3) is 11.6 Å². The van der Waals surface area contributed by atoms with Crippen LogP contribution in [0.15, 0.2) is 70.6 Å². The van der Waals surface area contributed by atoms with Crippen molar-refractivity contribution < 1.29 is 19.2 Å². The van der Waals surface area contributed by atoms with E-state index in [1.807, 2.05) is 19.1 Å². The lowest BCUT2D eigenvalue weighted by molar-refractivity contribution is -0.384. The van der Waals surface area contributed by atoms with E-state index in [0.29, 0.717) is 26.6 Å². The zero-order valence-electron chi connectivity index (χ0n) is 18.8. The fourth-order valence-corrected chi connectivity index (χ4v) is 4.32. The van der Waals surface area contributed by atoms with Crippen molar-refractivity contribution in [2.75, 3.05) is 7.11 Å². The number of methoxy groups -OCH3 is 1. The van der Waals surface area contributed by atoms with Crippen LogP contribution in [0, 0.1) is 17.0 Å². The standard InChI is InChI=1S/C25H20ClN3O5S/c1-15-11-18(26)6-9-20(15)27-25-28-24(30)23(35-25)13-17-5-10-21(22(12-17)33-2)34-14-16-3-7-19(8-4-16)29(31)32/h3-13H,14H2,1-2H3,(H,27,28,30)/b23-13-. The summed E-state index contributed by atoms with van der Waals surface area (Å²) in [6.07, 6.45) is 1.75. The fourth-order valence-electron chi connectivity index (χ4n) is 3.25. The summed E-state index contributed by atoms with van der Waals surface area (Å²) < 4.78 is 11.3. The molecule has 0 aromatic heterocycles. The van der Waals surface area contributed by atoms with Crippen LogP contribution in [-0.4, -0.2) is 23.1 Å². The van der Waals surface area contributed by atoms with Crippen molar-refractivity contribution in [3.63, 3.8) is 0 Å². The Hall–Kier alpha value is -3.82. The number of amidine groups is 1. The highest BCUT2D eigenvalue weighted by Gasteiger charge is 2.24. The summed E-state index contributed by atoms with van der Waals surface area (Å²) in [5.41, 5.74) is 3.20. The summed E-state index contributed by atoms with van der Waals surface area (Å²) in [5, 5.41) is 14.7. The van der Waals surface area contributed by atoms with Crippen molar-refractivity contribution in [2.45, 2.75) is 13.5 Å². The number of aryl methyl sites for hydroxylation is 1. The van der Waals surface area contributed by atoms with Crippen LogP contribution in [0.5, 0.6) is 11.5 Å². The summed E-state index contributed by atoms with van der Waals surface area (Å²) >= 11 is 7.25. The zero-order valence-corrected chi connectivity index (χ0v) is 20.4. The smallest absolute Gasteiger partial charge is 0.269 e. The molecule has 1 heterocycles. The lowest BCUT2D eigenvalue weighted by atomic mass is 10.2. The van der Waals surface area contributed by atoms with Gasteiger partial charge in [0.15, 0.2) is 16.7 Å². The van der Waals surface area contributed by atoms with Gasteiger partial charge in [-0.1, -0.05) is 17.7 Å². The Morgan fingerprint density at radius 1 is 1.11 bits per heavy atom. The molecule has 3 aromatic carbocycles. The zero-order chi connectivity index (χ0) is 24.9. The van der Waals surface area contributed by atoms with E-state index in [4.69, 9.17) is 21.1 Å². The first-order chi connectivity index (χ1) is 16.8. The summed E-state index contributed by atoms with van der Waals surface area (Å²) in [4.78, 5) is 27.8. The molecule has 0 aliphatic carbocycles. The van der Waals surface area contributed by atoms with Crippen LogP contribution in [0.25, 0.3) is 6.08 Å². The lowest BCUT2D eigenvalue weighted by Crippen LogP contribution is -2.19. The predicted octanol–water partition coefficient (Wildman–Crippen LogP) is 6.04. The number of nitro benzene ring substituents is 1. The Morgan fingerprint density at radius 2 is 1.89 bits per heavy atom. The number of ether oxygens (including phenoxy) is 2. The number of carbonyl (C=O) groups excluding carboxylic acids is 1. The highest BCUT2D eigenvalue weighted by atomic mass is 35.5. The molecule has 0 spiro atoms. The van der Waals surface area contributed by atoms with E-state index in [-0.39, 0.29) is 18.2 Å². The summed E-state index contributed by atoms with van der Waals surface area (Å²) in [5.74, 6) is 0.769. The van der Waals surface area contributed by atoms with Crippen LogP contribution in [0.1, 0.15) is 16.7 Å². The number of nitrogens with one attached hydrogen (secondary N) is 1. The highest BCUT2D eigenvalue weighted by Crippen LogP contribution is 2.33. The van der Waals surface area contributed by atoms with E-state index in [1.54, 1.807) is 42.5 Å². The SMILES string of the molecule is COc1cc(/C=C2\SC(=Nc3ccc(Cl)cc3C)NC2=O)ccc1OCc1ccc([N+](=O)[O-])cc1. The van der Waals surface area contributed by atoms with Crippen LogP contribution in [0.4, 0.5) is 11.4 Å². The summed E-state index contributed by atoms with van der Waals surface area (Å²) in [6, 6.07) is 16.9. The number of aliphatic imine (C=N–C) groups is 1. The lowest BCUT2D eigenvalue weighted by Gasteiger charge is -2.11. The molecule has 0 radical (unpaired) electrons. The second-order valence-electron chi connectivity index (χ2n) is 7.54. The number of benzene rings is 3. The molecule has 0 saturated carbocycles. The normalized spacial score (nSPS) is 15.3. The van der Waals surface area contributed by atoms with Gasteiger partial charge in [-0.3, -0.25) is 14.9 Å². The second kappa shape index (κ2) is 10.6. The molecular weight excluding hydrogens is 490 g/mol. The molecule has 0 bridgehead atoms. The van der Waals surface area contributed by atoms with Crippen molar-refractivity contribution in [2.24, 2.45) is 4.99 Å². The van der Waals surface area contributed by atoms with E-state index in [2.05, 4.69) is 10.3 Å². The van der Waals surface area contributed by atoms with Crippen molar-refractivity contribution in [3.8, 4) is 11.5 Å². The number of amides is 1. The Kier molecular flexibility index (Phi) is 7.38. The number of nitro groups is 1. The average Bonchev–Trinajstić information content (AvgIpc) is 3.18. The van der Waals surface area contributed by atoms with Gasteiger partial charge in [0, 0.05) is 17.2 Å². The molecule has 1 saturated heterocycles. The molecule has 1 aliphatic rings. The van der Waals surface area contributed by atoms with Crippen molar-refractivity contribution in [3.05, 3.63) is 97.4 Å². The fraction of sp³-hybridized carbons (Fsp3) is 0.120. The van der Waals surface area contributed by atoms with Gasteiger partial charge in [-0.05, 0) is 83.9 Å². The minimum absolute atomic E-state index is 0.0223. The maximum Gasteiger partial charge on any atom is 0.269 e. The summed E-state index contributed by atoms with van der Waals surface area (Å²) in [6.45, 7) is 2.12. The van der Waals surface area contributed by atoms with Gasteiger partial charge in [-0.2, -0.15) is 0 Å². The van der Waals surface area contributed by atoms with Crippen LogP contribution in [0.2, 0.25) is 5.02 Å². The number of hydrogen-bond acceptors (Lipinski definition) is 7. The first-order valence-electron chi connectivity index (χ1n) is 10.4. The number of non-ortho nitro benzene ring substituents is 1. The van der Waals surface area contributed by atoms with Gasteiger partial charge in [-0.15, -0.1) is 0 Å². The largest absolute Gasteiger partial charge is 0.493 e. The minimum Gasteiger partial charge on any atom is -0.493 e. The van der Waals surface area contributed by atoms with Crippen LogP contribution in [0.3, 0.4) is 0 Å². The van der Waals surface area contributed by atoms with Crippen LogP contribution >= 0.6 is 23.4 Å². The van der Waals surface area contributed by atoms with Gasteiger partial charge in [0.05, 0.1) is 22.6 Å². The number of halogens is 1. The van der Waals surface area contributed by atoms with Crippen LogP contribution < -0.4 is 14.8 Å². The van der Waals surface area contributed by atoms with E-state index in [1.165, 1.54) is 31.0 Å². The molecule has 178 valence electrons. The minimum atomic E-state index is -0.447. The van der Waals surface area contributed by atoms with Crippen molar-refractivity contribution in [1.82, 2.24) is 5.32 Å². The van der Waals surface area contributed by atoms with E-state index >= 15 is 0 Å². The summed E-state index contributed by atoms with van der Waals surface area (Å²) in [7, 11) is 1.53. The third kappa shape index (κ3) is 6.00. The number of nitrogens with zero attached hydrogens (tertiary/aromatic N) is 2. The maximum absolute atomic E-state index is 12.5. The van der Waals surface area contributed by atoms with Crippen molar-refractivity contribution in [1.29, 1.82) is 0 Å². The Bertz CT molecular complexity index is 1360. The molecule has 8 nitrogen and oxygen atoms in total. The number of carbonyl (C=O) groups is 1. The van der Waals surface area contributed by atoms with Gasteiger partial charge in [-0.25, -0.2) is 4.99 Å². The number of rotatable bonds is 7. The van der Waals surface area contributed by atoms with Crippen molar-refractivity contribution >= 4 is 51.9 Å². The Morgan fingerprint density at radius 3 is 2.57 bits per heavy atom. The molecule has 1 amide bonds. The first-order valence-corrected chi connectivity index (χ1v) is 11.6. The Balaban J connectivity index is 1.47. The van der Waals surface area contributed by atoms with Gasteiger partial charge in [0.1, 0.15) is 6.61 Å². The quantitative estimate of drug-likeness (QED) is 0.237. The molecule has 0 unspecified atom stereocenters. The van der Waals surface area contributed by atoms with E-state index in [9.17, 15) is 14.9 Å². The molecule has 4 rings (SSSR count).